The third-order valence-electron chi connectivity index (χ3n) is 1.67. The average molecular weight is 258 g/mol. The third kappa shape index (κ3) is 5.34. The Morgan fingerprint density at radius 2 is 1.88 bits per heavy atom. The molecule has 3 nitrogen and oxygen atoms in total. The van der Waals surface area contributed by atoms with E-state index in [0.717, 1.165) is 5.41 Å². The molecular formula is C11H14O3S2. The molecule has 0 spiro atoms. The maximum Gasteiger partial charge on any atom is 0.290 e. The summed E-state index contributed by atoms with van der Waals surface area (Å²) >= 11 is 1.41. The molecule has 0 saturated heterocycles. The highest BCUT2D eigenvalue weighted by atomic mass is 32.2. The largest absolute Gasteiger partial charge is 0.290 e. The average Bonchev–Trinajstić information content (AvgIpc) is 2.46. The Morgan fingerprint density at radius 1 is 1.25 bits per heavy atom. The molecule has 0 radical (unpaired) electrons. The van der Waals surface area contributed by atoms with Gasteiger partial charge >= 0.3 is 0 Å². The lowest BCUT2D eigenvalue weighted by molar-refractivity contribution is 0.345. The van der Waals surface area contributed by atoms with Crippen molar-refractivity contribution in [3.05, 3.63) is 47.3 Å². The summed E-state index contributed by atoms with van der Waals surface area (Å²) in [5, 5.41) is 2.78. The van der Waals surface area contributed by atoms with Gasteiger partial charge in [0.15, 0.2) is 0 Å². The van der Waals surface area contributed by atoms with Crippen LogP contribution in [0.3, 0.4) is 0 Å². The van der Waals surface area contributed by atoms with Gasteiger partial charge in [0.25, 0.3) is 10.1 Å². The van der Waals surface area contributed by atoms with Gasteiger partial charge < -0.3 is 0 Å². The van der Waals surface area contributed by atoms with Gasteiger partial charge in [-0.15, -0.1) is 11.8 Å². The first-order valence-corrected chi connectivity index (χ1v) is 7.28. The van der Waals surface area contributed by atoms with Crippen LogP contribution in [0.25, 0.3) is 0 Å². The Balaban J connectivity index is 2.48. The summed E-state index contributed by atoms with van der Waals surface area (Å²) in [6, 6.07) is 0. The highest BCUT2D eigenvalue weighted by molar-refractivity contribution is 8.03. The van der Waals surface area contributed by atoms with Gasteiger partial charge in [0.2, 0.25) is 0 Å². The van der Waals surface area contributed by atoms with Crippen LogP contribution < -0.4 is 0 Å². The first kappa shape index (κ1) is 13.3. The topological polar surface area (TPSA) is 43.4 Å². The van der Waals surface area contributed by atoms with E-state index < -0.39 is 10.1 Å². The molecule has 0 bridgehead atoms. The van der Waals surface area contributed by atoms with Crippen molar-refractivity contribution in [3.63, 3.8) is 0 Å². The standard InChI is InChI=1S/C11H14O3S2/c1-2-14-16(12,13)10-9-15-11-7-5-3-4-6-8-11/h3-11H,2H2,1H3/b10-9+. The summed E-state index contributed by atoms with van der Waals surface area (Å²) < 4.78 is 26.9. The summed E-state index contributed by atoms with van der Waals surface area (Å²) in [6.07, 6.45) is 11.7. The van der Waals surface area contributed by atoms with Crippen molar-refractivity contribution in [2.75, 3.05) is 6.61 Å². The number of hydrogen-bond donors (Lipinski definition) is 0. The minimum Gasteiger partial charge on any atom is -0.267 e. The smallest absolute Gasteiger partial charge is 0.267 e. The van der Waals surface area contributed by atoms with Gasteiger partial charge in [0.05, 0.1) is 12.0 Å². The summed E-state index contributed by atoms with van der Waals surface area (Å²) in [5.74, 6) is 0. The van der Waals surface area contributed by atoms with Crippen LogP contribution in [0.1, 0.15) is 6.92 Å². The molecule has 16 heavy (non-hydrogen) atoms. The van der Waals surface area contributed by atoms with Gasteiger partial charge in [0.1, 0.15) is 0 Å². The van der Waals surface area contributed by atoms with E-state index in [4.69, 9.17) is 0 Å². The highest BCUT2D eigenvalue weighted by Crippen LogP contribution is 2.17. The lowest BCUT2D eigenvalue weighted by Gasteiger charge is -2.01. The minimum atomic E-state index is -3.51. The lowest BCUT2D eigenvalue weighted by Crippen LogP contribution is -2.00. The van der Waals surface area contributed by atoms with Crippen molar-refractivity contribution in [3.8, 4) is 0 Å². The van der Waals surface area contributed by atoms with E-state index in [2.05, 4.69) is 4.18 Å². The monoisotopic (exact) mass is 258 g/mol. The van der Waals surface area contributed by atoms with Crippen LogP contribution in [0.2, 0.25) is 0 Å². The number of hydrogen-bond acceptors (Lipinski definition) is 4. The lowest BCUT2D eigenvalue weighted by atomic mass is 10.4. The molecule has 1 rings (SSSR count). The molecule has 5 heteroatoms. The zero-order chi connectivity index (χ0) is 11.9. The molecule has 0 atom stereocenters. The molecule has 0 N–H and O–H groups in total. The fraction of sp³-hybridized carbons (Fsp3) is 0.273. The maximum atomic E-state index is 11.2. The van der Waals surface area contributed by atoms with Crippen molar-refractivity contribution < 1.29 is 12.6 Å². The number of allylic oxidation sites excluding steroid dienone is 4. The second-order valence-corrected chi connectivity index (χ2v) is 5.51. The molecule has 1 aliphatic rings. The predicted molar refractivity (Wildman–Crippen MR) is 68.5 cm³/mol. The zero-order valence-electron chi connectivity index (χ0n) is 8.94. The van der Waals surface area contributed by atoms with Crippen LogP contribution in [0.4, 0.5) is 0 Å². The molecule has 0 aromatic heterocycles. The van der Waals surface area contributed by atoms with Crippen molar-refractivity contribution in [1.82, 2.24) is 0 Å². The number of rotatable bonds is 5. The van der Waals surface area contributed by atoms with Crippen molar-refractivity contribution in [2.45, 2.75) is 12.2 Å². The van der Waals surface area contributed by atoms with Crippen LogP contribution in [0, 0.1) is 0 Å². The summed E-state index contributed by atoms with van der Waals surface area (Å²) in [7, 11) is -3.51. The molecule has 0 saturated carbocycles. The summed E-state index contributed by atoms with van der Waals surface area (Å²) in [5.41, 5.74) is 0. The van der Waals surface area contributed by atoms with Gasteiger partial charge in [-0.25, -0.2) is 0 Å². The van der Waals surface area contributed by atoms with Crippen LogP contribution in [-0.2, 0) is 14.3 Å². The van der Waals surface area contributed by atoms with Crippen molar-refractivity contribution >= 4 is 21.9 Å². The van der Waals surface area contributed by atoms with E-state index in [1.807, 2.05) is 36.5 Å². The van der Waals surface area contributed by atoms with E-state index in [9.17, 15) is 8.42 Å². The number of thioether (sulfide) groups is 1. The Bertz CT molecular complexity index is 401. The van der Waals surface area contributed by atoms with Gasteiger partial charge in [0, 0.05) is 5.25 Å². The molecule has 88 valence electrons. The van der Waals surface area contributed by atoms with Gasteiger partial charge in [-0.05, 0) is 12.3 Å². The van der Waals surface area contributed by atoms with E-state index in [0.29, 0.717) is 0 Å². The second-order valence-electron chi connectivity index (χ2n) is 2.93. The third-order valence-corrected chi connectivity index (χ3v) is 3.80. The Morgan fingerprint density at radius 3 is 2.44 bits per heavy atom. The predicted octanol–water partition coefficient (Wildman–Crippen LogP) is 2.61. The second kappa shape index (κ2) is 6.73. The molecule has 0 aromatic rings. The quantitative estimate of drug-likeness (QED) is 0.711. The molecule has 0 aromatic carbocycles. The molecule has 0 heterocycles. The molecule has 0 fully saturated rings. The first-order chi connectivity index (χ1) is 7.64. The fourth-order valence-corrected chi connectivity index (χ4v) is 2.78. The van der Waals surface area contributed by atoms with Crippen LogP contribution in [0.5, 0.6) is 0 Å². The van der Waals surface area contributed by atoms with Gasteiger partial charge in [-0.1, -0.05) is 36.5 Å². The fourth-order valence-electron chi connectivity index (χ4n) is 1.02. The SMILES string of the molecule is CCOS(=O)(=O)/C=C/SC1C=CC=CC=C1. The van der Waals surface area contributed by atoms with Crippen LogP contribution >= 0.6 is 11.8 Å². The molecule has 1 aliphatic carbocycles. The Labute approximate surface area is 101 Å². The van der Waals surface area contributed by atoms with E-state index >= 15 is 0 Å². The minimum absolute atomic E-state index is 0.156. The highest BCUT2D eigenvalue weighted by Gasteiger charge is 2.04. The summed E-state index contributed by atoms with van der Waals surface area (Å²) in [4.78, 5) is 0. The van der Waals surface area contributed by atoms with Gasteiger partial charge in [-0.3, -0.25) is 4.18 Å². The normalized spacial score (nSPS) is 17.1. The molecular weight excluding hydrogens is 244 g/mol. The molecule has 0 aliphatic heterocycles. The van der Waals surface area contributed by atoms with Crippen LogP contribution in [-0.4, -0.2) is 20.3 Å². The van der Waals surface area contributed by atoms with E-state index in [-0.39, 0.29) is 11.9 Å². The van der Waals surface area contributed by atoms with Crippen molar-refractivity contribution in [2.24, 2.45) is 0 Å². The summed E-state index contributed by atoms with van der Waals surface area (Å²) in [6.45, 7) is 1.80. The van der Waals surface area contributed by atoms with Gasteiger partial charge in [-0.2, -0.15) is 8.42 Å². The Hall–Kier alpha value is -0.780. The van der Waals surface area contributed by atoms with Crippen molar-refractivity contribution in [1.29, 1.82) is 0 Å². The Kier molecular flexibility index (Phi) is 5.59. The first-order valence-electron chi connectivity index (χ1n) is 4.87. The van der Waals surface area contributed by atoms with E-state index in [1.165, 1.54) is 17.2 Å². The van der Waals surface area contributed by atoms with E-state index in [1.54, 1.807) is 6.92 Å². The zero-order valence-corrected chi connectivity index (χ0v) is 10.6. The maximum absolute atomic E-state index is 11.2. The molecule has 0 unspecified atom stereocenters. The van der Waals surface area contributed by atoms with Crippen LogP contribution in [0.15, 0.2) is 47.3 Å². The molecule has 0 amide bonds.